The van der Waals surface area contributed by atoms with E-state index in [0.717, 1.165) is 32.1 Å². The van der Waals surface area contributed by atoms with Crippen molar-refractivity contribution in [3.8, 4) is 0 Å². The lowest BCUT2D eigenvalue weighted by Crippen LogP contribution is -2.54. The number of aliphatic hydroxyl groups is 1. The maximum Gasteiger partial charge on any atom is 0.186 e. The van der Waals surface area contributed by atoms with Crippen LogP contribution >= 0.6 is 0 Å². The predicted octanol–water partition coefficient (Wildman–Crippen LogP) is 3.40. The molecule has 128 valence electrons. The molecule has 0 unspecified atom stereocenters. The van der Waals surface area contributed by atoms with E-state index in [9.17, 15) is 15.1 Å². The third-order valence-corrected chi connectivity index (χ3v) is 8.34. The van der Waals surface area contributed by atoms with E-state index in [4.69, 9.17) is 0 Å². The summed E-state index contributed by atoms with van der Waals surface area (Å²) in [5, 5.41) is 22.6. The molecule has 4 fully saturated rings. The van der Waals surface area contributed by atoms with Crippen LogP contribution in [0.5, 0.6) is 0 Å². The molecule has 4 heteroatoms. The van der Waals surface area contributed by atoms with E-state index < -0.39 is 0 Å². The maximum atomic E-state index is 12.6. The van der Waals surface area contributed by atoms with Crippen LogP contribution in [0.3, 0.4) is 0 Å². The molecule has 0 bridgehead atoms. The molecule has 4 aliphatic carbocycles. The summed E-state index contributed by atoms with van der Waals surface area (Å²) in [5.74, 6) is 2.32. The first-order chi connectivity index (χ1) is 10.9. The normalized spacial score (nSPS) is 54.5. The topological polar surface area (TPSA) is 69.9 Å². The van der Waals surface area contributed by atoms with Gasteiger partial charge >= 0.3 is 0 Å². The molecule has 4 nitrogen and oxygen atoms in total. The van der Waals surface area contributed by atoms with Crippen molar-refractivity contribution < 1.29 is 15.1 Å². The van der Waals surface area contributed by atoms with Gasteiger partial charge in [0.1, 0.15) is 5.71 Å². The molecule has 0 aliphatic heterocycles. The Morgan fingerprint density at radius 3 is 2.61 bits per heavy atom. The van der Waals surface area contributed by atoms with Crippen LogP contribution < -0.4 is 0 Å². The molecule has 2 N–H and O–H groups in total. The molecule has 7 atom stereocenters. The van der Waals surface area contributed by atoms with Crippen molar-refractivity contribution in [2.24, 2.45) is 39.7 Å². The summed E-state index contributed by atoms with van der Waals surface area (Å²) in [5.41, 5.74) is 0.427. The number of fused-ring (bicyclic) bond motifs is 5. The molecule has 0 aromatic heterocycles. The molecule has 4 aliphatic rings. The van der Waals surface area contributed by atoms with E-state index in [1.807, 2.05) is 0 Å². The Labute approximate surface area is 138 Å². The van der Waals surface area contributed by atoms with E-state index >= 15 is 0 Å². The highest BCUT2D eigenvalue weighted by Gasteiger charge is 2.61. The summed E-state index contributed by atoms with van der Waals surface area (Å²) in [6.45, 7) is 4.55. The number of hydrogen-bond acceptors (Lipinski definition) is 4. The largest absolute Gasteiger partial charge is 0.411 e. The fraction of sp³-hybridized carbons (Fsp3) is 0.895. The van der Waals surface area contributed by atoms with Crippen LogP contribution in [0.4, 0.5) is 0 Å². The minimum absolute atomic E-state index is 0.0924. The second-order valence-electron chi connectivity index (χ2n) is 9.12. The number of hydrogen-bond donors (Lipinski definition) is 2. The zero-order valence-electron chi connectivity index (χ0n) is 14.3. The van der Waals surface area contributed by atoms with Crippen LogP contribution in [0, 0.1) is 34.5 Å². The van der Waals surface area contributed by atoms with Crippen LogP contribution in [0.2, 0.25) is 0 Å². The van der Waals surface area contributed by atoms with Gasteiger partial charge in [-0.2, -0.15) is 0 Å². The Kier molecular flexibility index (Phi) is 3.43. The molecular weight excluding hydrogens is 290 g/mol. The molecule has 0 aromatic carbocycles. The molecule has 0 aromatic rings. The second kappa shape index (κ2) is 5.05. The standard InChI is InChI=1S/C19H29NO3/c1-18-7-5-12(21)9-11(18)3-4-13-14(18)6-8-19(2)15(13)10-16(20-23)17(19)22/h11-15,21,23H,3-10H2,1-2H3/b20-16+/t11-,12+,13+,14-,15-,18-,19-/m0/s1. The quantitative estimate of drug-likeness (QED) is 0.531. The molecular formula is C19H29NO3. The van der Waals surface area contributed by atoms with Crippen molar-refractivity contribution >= 4 is 11.5 Å². The fourth-order valence-electron chi connectivity index (χ4n) is 6.93. The first kappa shape index (κ1) is 15.6. The van der Waals surface area contributed by atoms with Crippen LogP contribution in [-0.4, -0.2) is 27.9 Å². The number of aliphatic hydroxyl groups excluding tert-OH is 1. The number of carbonyl (C=O) groups is 1. The molecule has 0 radical (unpaired) electrons. The van der Waals surface area contributed by atoms with Crippen LogP contribution in [0.25, 0.3) is 0 Å². The third-order valence-electron chi connectivity index (χ3n) is 8.34. The first-order valence-corrected chi connectivity index (χ1v) is 9.34. The van der Waals surface area contributed by atoms with Gasteiger partial charge in [-0.1, -0.05) is 19.0 Å². The van der Waals surface area contributed by atoms with Crippen molar-refractivity contribution in [3.63, 3.8) is 0 Å². The van der Waals surface area contributed by atoms with E-state index in [1.165, 1.54) is 12.8 Å². The summed E-state index contributed by atoms with van der Waals surface area (Å²) in [6, 6.07) is 0. The molecule has 0 amide bonds. The van der Waals surface area contributed by atoms with Crippen LogP contribution in [0.15, 0.2) is 5.16 Å². The summed E-state index contributed by atoms with van der Waals surface area (Å²) in [7, 11) is 0. The smallest absolute Gasteiger partial charge is 0.186 e. The highest BCUT2D eigenvalue weighted by atomic mass is 16.4. The van der Waals surface area contributed by atoms with Crippen molar-refractivity contribution in [2.75, 3.05) is 0 Å². The van der Waals surface area contributed by atoms with Gasteiger partial charge < -0.3 is 10.3 Å². The molecule has 23 heavy (non-hydrogen) atoms. The van der Waals surface area contributed by atoms with Gasteiger partial charge in [-0.15, -0.1) is 0 Å². The van der Waals surface area contributed by atoms with Crippen molar-refractivity contribution in [1.29, 1.82) is 0 Å². The van der Waals surface area contributed by atoms with E-state index in [2.05, 4.69) is 19.0 Å². The molecule has 0 saturated heterocycles. The fourth-order valence-corrected chi connectivity index (χ4v) is 6.93. The van der Waals surface area contributed by atoms with Gasteiger partial charge in [0.25, 0.3) is 0 Å². The SMILES string of the molecule is C[C@]12CC[C@@H](O)C[C@@H]1CC[C@@H]1[C@@H]2CC[C@]2(C)C(=O)/C(=N/O)C[C@@H]12. The van der Waals surface area contributed by atoms with Gasteiger partial charge in [-0.25, -0.2) is 0 Å². The van der Waals surface area contributed by atoms with Crippen molar-refractivity contribution in [3.05, 3.63) is 0 Å². The number of carbonyl (C=O) groups excluding carboxylic acids is 1. The zero-order valence-corrected chi connectivity index (χ0v) is 14.3. The zero-order chi connectivity index (χ0) is 16.4. The van der Waals surface area contributed by atoms with Gasteiger partial charge in [0, 0.05) is 11.8 Å². The maximum absolute atomic E-state index is 12.6. The van der Waals surface area contributed by atoms with Gasteiger partial charge in [-0.05, 0) is 74.0 Å². The lowest BCUT2D eigenvalue weighted by atomic mass is 9.45. The van der Waals surface area contributed by atoms with Crippen LogP contribution in [-0.2, 0) is 4.79 Å². The Hall–Kier alpha value is -0.900. The Morgan fingerprint density at radius 2 is 1.87 bits per heavy atom. The van der Waals surface area contributed by atoms with Crippen molar-refractivity contribution in [2.45, 2.75) is 71.3 Å². The Bertz CT molecular complexity index is 559. The highest BCUT2D eigenvalue weighted by molar-refractivity contribution is 6.43. The van der Waals surface area contributed by atoms with Gasteiger partial charge in [0.2, 0.25) is 0 Å². The summed E-state index contributed by atoms with van der Waals surface area (Å²) in [4.78, 5) is 12.6. The van der Waals surface area contributed by atoms with E-state index in [1.54, 1.807) is 0 Å². The summed E-state index contributed by atoms with van der Waals surface area (Å²) >= 11 is 0. The van der Waals surface area contributed by atoms with Gasteiger partial charge in [0.15, 0.2) is 5.78 Å². The average Bonchev–Trinajstić information content (AvgIpc) is 2.79. The number of oxime groups is 1. The summed E-state index contributed by atoms with van der Waals surface area (Å²) in [6.07, 6.45) is 7.97. The number of nitrogens with zero attached hydrogens (tertiary/aromatic N) is 1. The van der Waals surface area contributed by atoms with Crippen LogP contribution in [0.1, 0.15) is 65.2 Å². The number of ketones is 1. The predicted molar refractivity (Wildman–Crippen MR) is 87.3 cm³/mol. The monoisotopic (exact) mass is 319 g/mol. The molecule has 0 heterocycles. The summed E-state index contributed by atoms with van der Waals surface area (Å²) < 4.78 is 0. The number of Topliss-reactive ketones (excluding diaryl/α,β-unsaturated/α-hetero) is 1. The minimum Gasteiger partial charge on any atom is -0.411 e. The van der Waals surface area contributed by atoms with Gasteiger partial charge in [-0.3, -0.25) is 4.79 Å². The van der Waals surface area contributed by atoms with Gasteiger partial charge in [0.05, 0.1) is 6.10 Å². The third kappa shape index (κ3) is 2.00. The second-order valence-corrected chi connectivity index (χ2v) is 9.12. The van der Waals surface area contributed by atoms with E-state index in [-0.39, 0.29) is 17.3 Å². The lowest BCUT2D eigenvalue weighted by molar-refractivity contribution is -0.141. The van der Waals surface area contributed by atoms with E-state index in [0.29, 0.717) is 41.2 Å². The molecule has 4 saturated carbocycles. The van der Waals surface area contributed by atoms with Crippen molar-refractivity contribution in [1.82, 2.24) is 0 Å². The number of rotatable bonds is 0. The average molecular weight is 319 g/mol. The lowest BCUT2D eigenvalue weighted by Gasteiger charge is -2.59. The highest BCUT2D eigenvalue weighted by Crippen LogP contribution is 2.65. The first-order valence-electron chi connectivity index (χ1n) is 9.34. The molecule has 4 rings (SSSR count). The Balaban J connectivity index is 1.66. The minimum atomic E-state index is -0.305. The molecule has 0 spiro atoms. The Morgan fingerprint density at radius 1 is 1.09 bits per heavy atom.